The molecule has 220 valence electrons. The van der Waals surface area contributed by atoms with E-state index in [0.29, 0.717) is 0 Å². The molecule has 0 aromatic rings. The van der Waals surface area contributed by atoms with Gasteiger partial charge in [-0.05, 0) is 0 Å². The van der Waals surface area contributed by atoms with Gasteiger partial charge in [-0.3, -0.25) is 43.6 Å². The van der Waals surface area contributed by atoms with Gasteiger partial charge in [0.25, 0.3) is 11.8 Å². The van der Waals surface area contributed by atoms with Crippen LogP contribution in [0.5, 0.6) is 0 Å². The van der Waals surface area contributed by atoms with Crippen LogP contribution in [0.4, 0.5) is 0 Å². The van der Waals surface area contributed by atoms with Crippen LogP contribution in [0, 0.1) is 0 Å². The first-order valence-electron chi connectivity index (χ1n) is 11.7. The van der Waals surface area contributed by atoms with Crippen LogP contribution in [-0.4, -0.2) is 172 Å². The normalized spacial score (nSPS) is 21.2. The van der Waals surface area contributed by atoms with Crippen molar-refractivity contribution in [2.24, 2.45) is 0 Å². The molecule has 3 N–H and O–H groups in total. The molecule has 0 saturated carbocycles. The van der Waals surface area contributed by atoms with Crippen LogP contribution < -0.4 is 29.6 Å². The third-order valence-electron chi connectivity index (χ3n) is 5.96. The van der Waals surface area contributed by atoms with Gasteiger partial charge < -0.3 is 24.7 Å². The fourth-order valence-electron chi connectivity index (χ4n) is 4.00. The Bertz CT molecular complexity index is 1040. The maximum atomic E-state index is 12.5. The first kappa shape index (κ1) is 35.8. The predicted octanol–water partition coefficient (Wildman–Crippen LogP) is -7.40. The van der Waals surface area contributed by atoms with Gasteiger partial charge in [-0.25, -0.2) is 13.2 Å². The standard InChI is InChI=1S/C20H31N5O13S.Na/c26-15-9-14(39(35,36)37)20(34)25(15)38-19(33)13-24-7-5-22(11-17(29)30)3-1-21(10-16(27)28)2-4-23(6-8-24)12-18(31)32;/h14H,1-13H2,(H,27,28)(H,29,30)(H,31,32)(H,35,36,37);/q;+1/p-1. The number of rotatable bonds is 10. The van der Waals surface area contributed by atoms with Gasteiger partial charge in [0, 0.05) is 52.4 Å². The number of imide groups is 1. The van der Waals surface area contributed by atoms with Gasteiger partial charge in [-0.1, -0.05) is 0 Å². The molecule has 0 radical (unpaired) electrons. The fourth-order valence-corrected chi connectivity index (χ4v) is 4.69. The van der Waals surface area contributed by atoms with E-state index in [2.05, 4.69) is 0 Å². The van der Waals surface area contributed by atoms with Crippen molar-refractivity contribution in [2.75, 3.05) is 78.5 Å². The average Bonchev–Trinajstić information content (AvgIpc) is 3.08. The van der Waals surface area contributed by atoms with E-state index in [-0.39, 0.29) is 107 Å². The number of aliphatic carboxylic acids is 3. The van der Waals surface area contributed by atoms with Crippen molar-refractivity contribution < 1.29 is 91.5 Å². The number of hydroxylamine groups is 2. The Morgan fingerprint density at radius 2 is 1.05 bits per heavy atom. The molecule has 2 fully saturated rings. The molecule has 20 heteroatoms. The minimum absolute atomic E-state index is 0. The van der Waals surface area contributed by atoms with Gasteiger partial charge in [0.05, 0.1) is 32.6 Å². The topological polar surface area (TPSA) is 246 Å². The minimum Gasteiger partial charge on any atom is -0.747 e. The summed E-state index contributed by atoms with van der Waals surface area (Å²) in [4.78, 5) is 81.3. The summed E-state index contributed by atoms with van der Waals surface area (Å²) in [6, 6.07) is 0. The summed E-state index contributed by atoms with van der Waals surface area (Å²) in [5, 5.41) is 25.4. The van der Waals surface area contributed by atoms with E-state index in [1.54, 1.807) is 4.90 Å². The quantitative estimate of drug-likeness (QED) is 0.119. The predicted molar refractivity (Wildman–Crippen MR) is 125 cm³/mol. The third-order valence-corrected chi connectivity index (χ3v) is 7.03. The molecule has 1 unspecified atom stereocenters. The van der Waals surface area contributed by atoms with Crippen LogP contribution in [0.25, 0.3) is 0 Å². The Labute approximate surface area is 251 Å². The van der Waals surface area contributed by atoms with E-state index in [0.717, 1.165) is 0 Å². The van der Waals surface area contributed by atoms with Crippen molar-refractivity contribution in [3.05, 3.63) is 0 Å². The summed E-state index contributed by atoms with van der Waals surface area (Å²) in [6.07, 6.45) is -0.963. The number of carbonyl (C=O) groups is 6. The van der Waals surface area contributed by atoms with Crippen molar-refractivity contribution in [1.82, 2.24) is 24.7 Å². The molecule has 2 heterocycles. The molecule has 40 heavy (non-hydrogen) atoms. The van der Waals surface area contributed by atoms with E-state index in [1.807, 2.05) is 0 Å². The second-order valence-electron chi connectivity index (χ2n) is 8.96. The number of hydrogen-bond acceptors (Lipinski definition) is 14. The molecule has 2 aliphatic rings. The SMILES string of the molecule is O=C(O)CN1CCN(CC(=O)O)CCN(CC(=O)ON2C(=O)CC(S(=O)(=O)[O-])C2=O)CCN(CC(=O)O)CC1.[Na+]. The van der Waals surface area contributed by atoms with Crippen LogP contribution in [0.1, 0.15) is 6.42 Å². The second-order valence-corrected chi connectivity index (χ2v) is 10.5. The first-order valence-corrected chi connectivity index (χ1v) is 13.2. The monoisotopic (exact) mass is 603 g/mol. The molecule has 2 saturated heterocycles. The Kier molecular flexibility index (Phi) is 14.6. The van der Waals surface area contributed by atoms with E-state index < -0.39 is 64.0 Å². The number of amides is 2. The summed E-state index contributed by atoms with van der Waals surface area (Å²) in [5.41, 5.74) is 0. The zero-order valence-corrected chi connectivity index (χ0v) is 24.7. The summed E-state index contributed by atoms with van der Waals surface area (Å²) in [7, 11) is -5.15. The maximum absolute atomic E-state index is 12.5. The molecule has 2 rings (SSSR count). The van der Waals surface area contributed by atoms with Crippen LogP contribution in [0.15, 0.2) is 0 Å². The van der Waals surface area contributed by atoms with Gasteiger partial charge in [0.15, 0.2) is 0 Å². The van der Waals surface area contributed by atoms with Gasteiger partial charge in [0.1, 0.15) is 15.4 Å². The molecule has 18 nitrogen and oxygen atoms in total. The van der Waals surface area contributed by atoms with Gasteiger partial charge in [-0.2, -0.15) is 0 Å². The number of carboxylic acids is 3. The zero-order chi connectivity index (χ0) is 29.3. The summed E-state index contributed by atoms with van der Waals surface area (Å²) in [6.45, 7) is -0.688. The summed E-state index contributed by atoms with van der Waals surface area (Å²) < 4.78 is 33.5. The molecule has 0 spiro atoms. The molecular formula is C20H30N5NaO13S. The van der Waals surface area contributed by atoms with Crippen LogP contribution in [0.2, 0.25) is 0 Å². The maximum Gasteiger partial charge on any atom is 1.00 e. The molecule has 0 bridgehead atoms. The number of carbonyl (C=O) groups excluding carboxylic acids is 3. The van der Waals surface area contributed by atoms with Gasteiger partial charge in [0.2, 0.25) is 0 Å². The van der Waals surface area contributed by atoms with Crippen molar-refractivity contribution in [3.63, 3.8) is 0 Å². The van der Waals surface area contributed by atoms with Gasteiger partial charge in [-0.15, -0.1) is 5.06 Å². The summed E-state index contributed by atoms with van der Waals surface area (Å²) >= 11 is 0. The Hall–Kier alpha value is -2.23. The molecule has 1 atom stereocenters. The largest absolute Gasteiger partial charge is 1.00 e. The zero-order valence-electron chi connectivity index (χ0n) is 21.8. The van der Waals surface area contributed by atoms with Crippen LogP contribution in [-0.2, 0) is 43.7 Å². The second kappa shape index (κ2) is 16.3. The molecule has 0 aromatic heterocycles. The van der Waals surface area contributed by atoms with E-state index in [4.69, 9.17) is 4.84 Å². The fraction of sp³-hybridized carbons (Fsp3) is 0.700. The van der Waals surface area contributed by atoms with Crippen molar-refractivity contribution in [3.8, 4) is 0 Å². The molecule has 0 aliphatic carbocycles. The van der Waals surface area contributed by atoms with Crippen LogP contribution in [0.3, 0.4) is 0 Å². The first-order chi connectivity index (χ1) is 18.1. The van der Waals surface area contributed by atoms with E-state index >= 15 is 0 Å². The number of hydrogen-bond donors (Lipinski definition) is 3. The van der Waals surface area contributed by atoms with Crippen molar-refractivity contribution in [2.45, 2.75) is 11.7 Å². The number of carboxylic acid groups (broad SMARTS) is 3. The van der Waals surface area contributed by atoms with Crippen LogP contribution >= 0.6 is 0 Å². The third kappa shape index (κ3) is 12.1. The van der Waals surface area contributed by atoms with E-state index in [1.165, 1.54) is 14.7 Å². The Balaban J connectivity index is 0.00000800. The average molecular weight is 604 g/mol. The smallest absolute Gasteiger partial charge is 0.747 e. The molecule has 0 aromatic carbocycles. The van der Waals surface area contributed by atoms with Gasteiger partial charge >= 0.3 is 53.4 Å². The Morgan fingerprint density at radius 3 is 1.32 bits per heavy atom. The molecule has 2 amide bonds. The van der Waals surface area contributed by atoms with Crippen molar-refractivity contribution >= 4 is 45.8 Å². The number of nitrogens with zero attached hydrogens (tertiary/aromatic N) is 5. The minimum atomic E-state index is -5.15. The van der Waals surface area contributed by atoms with E-state index in [9.17, 15) is 57.1 Å². The molecular weight excluding hydrogens is 573 g/mol. The Morgan fingerprint density at radius 1 is 0.725 bits per heavy atom. The summed E-state index contributed by atoms with van der Waals surface area (Å²) in [5.74, 6) is -7.19. The van der Waals surface area contributed by atoms with Crippen molar-refractivity contribution in [1.29, 1.82) is 0 Å². The molecule has 2 aliphatic heterocycles.